The molecule has 0 aliphatic heterocycles. The SMILES string of the molecule is CNS(=O)(=O)c1cccc(CNC(=O)c2ccc(NC(=O)c3cc(F)cc(F)c3)cc2O)c1. The van der Waals surface area contributed by atoms with Crippen LogP contribution in [-0.4, -0.2) is 32.4 Å². The van der Waals surface area contributed by atoms with Gasteiger partial charge in [0.15, 0.2) is 0 Å². The van der Waals surface area contributed by atoms with E-state index in [0.29, 0.717) is 11.6 Å². The molecule has 2 amide bonds. The molecule has 0 atom stereocenters. The summed E-state index contributed by atoms with van der Waals surface area (Å²) in [5.41, 5.74) is 0.272. The molecule has 4 N–H and O–H groups in total. The Balaban J connectivity index is 1.68. The van der Waals surface area contributed by atoms with Crippen molar-refractivity contribution in [2.45, 2.75) is 11.4 Å². The second-order valence-electron chi connectivity index (χ2n) is 6.88. The fourth-order valence-corrected chi connectivity index (χ4v) is 3.71. The van der Waals surface area contributed by atoms with Crippen molar-refractivity contribution >= 4 is 27.5 Å². The van der Waals surface area contributed by atoms with E-state index in [2.05, 4.69) is 15.4 Å². The summed E-state index contributed by atoms with van der Waals surface area (Å²) in [5.74, 6) is -3.71. The van der Waals surface area contributed by atoms with Crippen molar-refractivity contribution in [2.24, 2.45) is 0 Å². The molecule has 0 aliphatic rings. The zero-order valence-electron chi connectivity index (χ0n) is 17.2. The lowest BCUT2D eigenvalue weighted by atomic mass is 10.1. The molecular formula is C22H19F2N3O5S. The van der Waals surface area contributed by atoms with Crippen molar-refractivity contribution in [2.75, 3.05) is 12.4 Å². The van der Waals surface area contributed by atoms with Gasteiger partial charge in [0.25, 0.3) is 11.8 Å². The third-order valence-corrected chi connectivity index (χ3v) is 5.97. The number of hydrogen-bond acceptors (Lipinski definition) is 5. The second kappa shape index (κ2) is 9.76. The number of carbonyl (C=O) groups excluding carboxylic acids is 2. The van der Waals surface area contributed by atoms with Gasteiger partial charge in [-0.15, -0.1) is 0 Å². The first-order chi connectivity index (χ1) is 15.6. The number of aromatic hydroxyl groups is 1. The first kappa shape index (κ1) is 23.8. The lowest BCUT2D eigenvalue weighted by molar-refractivity contribution is 0.0947. The van der Waals surface area contributed by atoms with Crippen LogP contribution in [0.4, 0.5) is 14.5 Å². The molecule has 0 aromatic heterocycles. The number of hydrogen-bond donors (Lipinski definition) is 4. The molecule has 3 rings (SSSR count). The van der Waals surface area contributed by atoms with Gasteiger partial charge in [0.1, 0.15) is 17.4 Å². The first-order valence-corrected chi connectivity index (χ1v) is 11.0. The molecule has 33 heavy (non-hydrogen) atoms. The number of nitrogens with one attached hydrogen (secondary N) is 3. The molecule has 0 fully saturated rings. The Hall–Kier alpha value is -3.83. The predicted octanol–water partition coefficient (Wildman–Crippen LogP) is 2.76. The Morgan fingerprint density at radius 2 is 1.64 bits per heavy atom. The lowest BCUT2D eigenvalue weighted by Gasteiger charge is -2.11. The molecule has 0 heterocycles. The van der Waals surface area contributed by atoms with Crippen LogP contribution < -0.4 is 15.4 Å². The third-order valence-electron chi connectivity index (χ3n) is 4.56. The summed E-state index contributed by atoms with van der Waals surface area (Å²) in [6.07, 6.45) is 0. The molecule has 11 heteroatoms. The second-order valence-corrected chi connectivity index (χ2v) is 8.77. The minimum atomic E-state index is -3.64. The lowest BCUT2D eigenvalue weighted by Crippen LogP contribution is -2.23. The number of amides is 2. The summed E-state index contributed by atoms with van der Waals surface area (Å²) in [7, 11) is -2.35. The molecule has 3 aromatic carbocycles. The average molecular weight is 475 g/mol. The number of rotatable bonds is 7. The number of sulfonamides is 1. The molecule has 0 spiro atoms. The number of halogens is 2. The maximum atomic E-state index is 13.3. The summed E-state index contributed by atoms with van der Waals surface area (Å²) in [6.45, 7) is -0.00499. The molecule has 0 aliphatic carbocycles. The van der Waals surface area contributed by atoms with Crippen molar-refractivity contribution in [3.05, 3.63) is 89.0 Å². The van der Waals surface area contributed by atoms with Gasteiger partial charge in [-0.3, -0.25) is 9.59 Å². The molecule has 3 aromatic rings. The normalized spacial score (nSPS) is 11.1. The molecular weight excluding hydrogens is 456 g/mol. The summed E-state index contributed by atoms with van der Waals surface area (Å²) < 4.78 is 52.6. The van der Waals surface area contributed by atoms with Gasteiger partial charge in [-0.05, 0) is 49.0 Å². The van der Waals surface area contributed by atoms with Crippen molar-refractivity contribution in [1.82, 2.24) is 10.0 Å². The molecule has 8 nitrogen and oxygen atoms in total. The van der Waals surface area contributed by atoms with Gasteiger partial charge >= 0.3 is 0 Å². The number of benzene rings is 3. The van der Waals surface area contributed by atoms with E-state index in [4.69, 9.17) is 0 Å². The summed E-state index contributed by atoms with van der Waals surface area (Å²) in [4.78, 5) is 24.6. The smallest absolute Gasteiger partial charge is 0.255 e. The standard InChI is InChI=1S/C22H19F2N3O5S/c1-25-33(31,32)18-4-2-3-13(7-18)12-26-22(30)19-6-5-17(11-20(19)28)27-21(29)14-8-15(23)10-16(24)9-14/h2-11,25,28H,12H2,1H3,(H,26,30)(H,27,29). The van der Waals surface area contributed by atoms with Crippen molar-refractivity contribution in [1.29, 1.82) is 0 Å². The van der Waals surface area contributed by atoms with E-state index >= 15 is 0 Å². The maximum absolute atomic E-state index is 13.3. The average Bonchev–Trinajstić information content (AvgIpc) is 2.77. The molecule has 0 radical (unpaired) electrons. The van der Waals surface area contributed by atoms with Crippen LogP contribution >= 0.6 is 0 Å². The van der Waals surface area contributed by atoms with Gasteiger partial charge in [-0.25, -0.2) is 21.9 Å². The van der Waals surface area contributed by atoms with Crippen molar-refractivity contribution in [3.63, 3.8) is 0 Å². The Morgan fingerprint density at radius 1 is 0.939 bits per heavy atom. The van der Waals surface area contributed by atoms with Gasteiger partial charge in [0.05, 0.1) is 10.5 Å². The fourth-order valence-electron chi connectivity index (χ4n) is 2.91. The summed E-state index contributed by atoms with van der Waals surface area (Å²) >= 11 is 0. The number of carbonyl (C=O) groups is 2. The molecule has 0 saturated carbocycles. The van der Waals surface area contributed by atoms with Crippen LogP contribution in [0, 0.1) is 11.6 Å². The third kappa shape index (κ3) is 5.90. The predicted molar refractivity (Wildman–Crippen MR) is 116 cm³/mol. The van der Waals surface area contributed by atoms with E-state index in [-0.39, 0.29) is 28.3 Å². The Kier molecular flexibility index (Phi) is 7.04. The first-order valence-electron chi connectivity index (χ1n) is 9.50. The van der Waals surface area contributed by atoms with Gasteiger partial charge in [0.2, 0.25) is 10.0 Å². The van der Waals surface area contributed by atoms with Crippen LogP contribution in [0.2, 0.25) is 0 Å². The van der Waals surface area contributed by atoms with E-state index in [1.165, 1.54) is 37.4 Å². The maximum Gasteiger partial charge on any atom is 0.255 e. The monoisotopic (exact) mass is 475 g/mol. The largest absolute Gasteiger partial charge is 0.507 e. The highest BCUT2D eigenvalue weighted by molar-refractivity contribution is 7.89. The summed E-state index contributed by atoms with van der Waals surface area (Å²) in [5, 5.41) is 15.1. The zero-order chi connectivity index (χ0) is 24.2. The molecule has 0 unspecified atom stereocenters. The minimum Gasteiger partial charge on any atom is -0.507 e. The highest BCUT2D eigenvalue weighted by Gasteiger charge is 2.15. The van der Waals surface area contributed by atoms with Gasteiger partial charge in [-0.2, -0.15) is 0 Å². The van der Waals surface area contributed by atoms with Crippen molar-refractivity contribution in [3.8, 4) is 5.75 Å². The number of phenols is 1. The molecule has 172 valence electrons. The molecule has 0 bridgehead atoms. The van der Waals surface area contributed by atoms with Gasteiger partial charge in [0, 0.05) is 29.9 Å². The number of phenolic OH excluding ortho intramolecular Hbond substituents is 1. The van der Waals surface area contributed by atoms with Crippen LogP contribution in [0.3, 0.4) is 0 Å². The van der Waals surface area contributed by atoms with Crippen LogP contribution in [0.1, 0.15) is 26.3 Å². The van der Waals surface area contributed by atoms with Crippen LogP contribution in [-0.2, 0) is 16.6 Å². The van der Waals surface area contributed by atoms with Crippen LogP contribution in [0.15, 0.2) is 65.6 Å². The highest BCUT2D eigenvalue weighted by Crippen LogP contribution is 2.23. The van der Waals surface area contributed by atoms with E-state index in [1.54, 1.807) is 6.07 Å². The van der Waals surface area contributed by atoms with E-state index in [1.807, 2.05) is 0 Å². The van der Waals surface area contributed by atoms with Crippen LogP contribution in [0.5, 0.6) is 5.75 Å². The minimum absolute atomic E-state index is 0.00499. The summed E-state index contributed by atoms with van der Waals surface area (Å²) in [6, 6.07) is 12.0. The Bertz CT molecular complexity index is 1310. The topological polar surface area (TPSA) is 125 Å². The van der Waals surface area contributed by atoms with E-state index < -0.39 is 39.2 Å². The van der Waals surface area contributed by atoms with Gasteiger partial charge < -0.3 is 15.7 Å². The van der Waals surface area contributed by atoms with Gasteiger partial charge in [-0.1, -0.05) is 12.1 Å². The van der Waals surface area contributed by atoms with Crippen molar-refractivity contribution < 1.29 is 31.9 Å². The van der Waals surface area contributed by atoms with E-state index in [9.17, 15) is 31.9 Å². The fraction of sp³-hybridized carbons (Fsp3) is 0.0909. The van der Waals surface area contributed by atoms with Crippen LogP contribution in [0.25, 0.3) is 0 Å². The zero-order valence-corrected chi connectivity index (χ0v) is 18.0. The Labute approximate surface area is 188 Å². The Morgan fingerprint density at radius 3 is 2.27 bits per heavy atom. The quantitative estimate of drug-likeness (QED) is 0.418. The highest BCUT2D eigenvalue weighted by atomic mass is 32.2. The molecule has 0 saturated heterocycles. The number of anilines is 1. The van der Waals surface area contributed by atoms with E-state index in [0.717, 1.165) is 18.2 Å².